The van der Waals surface area contributed by atoms with Crippen molar-refractivity contribution in [2.75, 3.05) is 13.1 Å². The molecule has 2 amide bonds. The van der Waals surface area contributed by atoms with Crippen LogP contribution in [0.3, 0.4) is 0 Å². The zero-order valence-corrected chi connectivity index (χ0v) is 18.6. The third-order valence-corrected chi connectivity index (χ3v) is 4.34. The van der Waals surface area contributed by atoms with Crippen LogP contribution in [0.2, 0.25) is 0 Å². The number of amides is 2. The molecule has 0 fully saturated rings. The van der Waals surface area contributed by atoms with Gasteiger partial charge in [0.1, 0.15) is 11.7 Å². The lowest BCUT2D eigenvalue weighted by Crippen LogP contribution is -2.26. The molecule has 0 saturated heterocycles. The number of nitrogen functional groups attached to an aromatic ring is 2. The highest BCUT2D eigenvalue weighted by Crippen LogP contribution is 2.05. The van der Waals surface area contributed by atoms with E-state index in [4.69, 9.17) is 22.3 Å². The van der Waals surface area contributed by atoms with Gasteiger partial charge in [0.05, 0.1) is 0 Å². The molecule has 0 saturated carbocycles. The van der Waals surface area contributed by atoms with Crippen molar-refractivity contribution in [2.24, 2.45) is 11.5 Å². The molecule has 0 unspecified atom stereocenters. The monoisotopic (exact) mass is 466 g/mol. The van der Waals surface area contributed by atoms with Gasteiger partial charge >= 0.3 is 0 Å². The molecule has 8 nitrogen and oxygen atoms in total. The summed E-state index contributed by atoms with van der Waals surface area (Å²) in [5.74, 6) is -0.390. The van der Waals surface area contributed by atoms with E-state index in [2.05, 4.69) is 10.6 Å². The van der Waals surface area contributed by atoms with Gasteiger partial charge in [0.2, 0.25) is 0 Å². The van der Waals surface area contributed by atoms with Crippen LogP contribution in [0, 0.1) is 10.8 Å². The highest BCUT2D eigenvalue weighted by molar-refractivity contribution is 5.99. The first kappa shape index (κ1) is 27.9. The molecule has 10 heteroatoms. The SMILES string of the molecule is Cl.Cl.N=C(N)c1ccc(C(=O)NCCCCCNC(=O)c2ccc(C(=N)N)cc2)cc1. The lowest BCUT2D eigenvalue weighted by atomic mass is 10.1. The average molecular weight is 467 g/mol. The normalized spacial score (nSPS) is 9.55. The second kappa shape index (κ2) is 14.0. The molecule has 0 atom stereocenters. The van der Waals surface area contributed by atoms with E-state index in [1.807, 2.05) is 0 Å². The highest BCUT2D eigenvalue weighted by atomic mass is 35.5. The predicted molar refractivity (Wildman–Crippen MR) is 128 cm³/mol. The number of nitrogens with one attached hydrogen (secondary N) is 4. The van der Waals surface area contributed by atoms with Crippen molar-refractivity contribution >= 4 is 48.3 Å². The number of amidine groups is 2. The van der Waals surface area contributed by atoms with Crippen LogP contribution < -0.4 is 22.1 Å². The van der Waals surface area contributed by atoms with Crippen molar-refractivity contribution in [3.05, 3.63) is 70.8 Å². The second-order valence-corrected chi connectivity index (χ2v) is 6.55. The number of halogens is 2. The van der Waals surface area contributed by atoms with Crippen LogP contribution in [0.4, 0.5) is 0 Å². The van der Waals surface area contributed by atoms with Crippen molar-refractivity contribution < 1.29 is 9.59 Å². The molecule has 168 valence electrons. The molecule has 0 aliphatic heterocycles. The molecule has 0 bridgehead atoms. The van der Waals surface area contributed by atoms with Gasteiger partial charge in [0.15, 0.2) is 0 Å². The van der Waals surface area contributed by atoms with Gasteiger partial charge in [-0.3, -0.25) is 20.4 Å². The van der Waals surface area contributed by atoms with Crippen molar-refractivity contribution in [3.63, 3.8) is 0 Å². The van der Waals surface area contributed by atoms with Crippen LogP contribution in [0.5, 0.6) is 0 Å². The Balaban J connectivity index is 0.00000450. The van der Waals surface area contributed by atoms with E-state index >= 15 is 0 Å². The molecule has 2 aromatic carbocycles. The van der Waals surface area contributed by atoms with Gasteiger partial charge in [-0.25, -0.2) is 0 Å². The third kappa shape index (κ3) is 9.06. The fraction of sp³-hybridized carbons (Fsp3) is 0.238. The maximum atomic E-state index is 12.1. The number of carbonyl (C=O) groups excluding carboxylic acids is 2. The minimum atomic E-state index is -0.164. The highest BCUT2D eigenvalue weighted by Gasteiger charge is 2.07. The maximum absolute atomic E-state index is 12.1. The van der Waals surface area contributed by atoms with E-state index in [9.17, 15) is 9.59 Å². The van der Waals surface area contributed by atoms with Crippen LogP contribution in [0.1, 0.15) is 51.1 Å². The summed E-state index contributed by atoms with van der Waals surface area (Å²) < 4.78 is 0. The Morgan fingerprint density at radius 1 is 0.613 bits per heavy atom. The minimum absolute atomic E-state index is 0. The molecule has 0 radical (unpaired) electrons. The quantitative estimate of drug-likeness (QED) is 0.180. The smallest absolute Gasteiger partial charge is 0.251 e. The number of nitrogens with two attached hydrogens (primary N) is 2. The number of hydrogen-bond donors (Lipinski definition) is 6. The second-order valence-electron chi connectivity index (χ2n) is 6.55. The van der Waals surface area contributed by atoms with E-state index in [1.54, 1.807) is 48.5 Å². The van der Waals surface area contributed by atoms with Gasteiger partial charge in [0.25, 0.3) is 11.8 Å². The van der Waals surface area contributed by atoms with Gasteiger partial charge in [-0.2, -0.15) is 0 Å². The van der Waals surface area contributed by atoms with E-state index in [-0.39, 0.29) is 48.3 Å². The number of carbonyl (C=O) groups is 2. The molecule has 0 spiro atoms. The van der Waals surface area contributed by atoms with Gasteiger partial charge in [-0.1, -0.05) is 24.3 Å². The zero-order chi connectivity index (χ0) is 21.2. The van der Waals surface area contributed by atoms with Crippen LogP contribution in [0.25, 0.3) is 0 Å². The number of hydrogen-bond acceptors (Lipinski definition) is 4. The Morgan fingerprint density at radius 2 is 0.903 bits per heavy atom. The maximum Gasteiger partial charge on any atom is 0.251 e. The molecule has 0 aromatic heterocycles. The summed E-state index contributed by atoms with van der Waals surface area (Å²) in [5, 5.41) is 20.4. The van der Waals surface area contributed by atoms with Gasteiger partial charge in [0, 0.05) is 35.3 Å². The van der Waals surface area contributed by atoms with Crippen LogP contribution in [-0.2, 0) is 0 Å². The molecular formula is C21H28Cl2N6O2. The molecule has 0 heterocycles. The fourth-order valence-corrected chi connectivity index (χ4v) is 2.64. The Kier molecular flexibility index (Phi) is 12.6. The average Bonchev–Trinajstić information content (AvgIpc) is 2.72. The number of benzene rings is 2. The van der Waals surface area contributed by atoms with Crippen molar-refractivity contribution in [1.29, 1.82) is 10.8 Å². The van der Waals surface area contributed by atoms with Gasteiger partial charge in [-0.05, 0) is 43.5 Å². The fourth-order valence-electron chi connectivity index (χ4n) is 2.64. The van der Waals surface area contributed by atoms with Crippen LogP contribution in [0.15, 0.2) is 48.5 Å². The standard InChI is InChI=1S/C21H26N6O2.2ClH/c22-18(23)14-4-8-16(9-5-14)20(28)26-12-2-1-3-13-27-21(29)17-10-6-15(7-11-17)19(24)25;;/h4-11H,1-3,12-13H2,(H3,22,23)(H3,24,25)(H,26,28)(H,27,29);2*1H. The molecule has 8 N–H and O–H groups in total. The number of rotatable bonds is 10. The molecular weight excluding hydrogens is 439 g/mol. The Hall–Kier alpha value is -3.10. The van der Waals surface area contributed by atoms with E-state index in [1.165, 1.54) is 0 Å². The summed E-state index contributed by atoms with van der Waals surface area (Å²) >= 11 is 0. The molecule has 0 aliphatic rings. The predicted octanol–water partition coefficient (Wildman–Crippen LogP) is 2.43. The van der Waals surface area contributed by atoms with Crippen LogP contribution >= 0.6 is 24.8 Å². The van der Waals surface area contributed by atoms with Gasteiger partial charge < -0.3 is 22.1 Å². The van der Waals surface area contributed by atoms with Crippen LogP contribution in [-0.4, -0.2) is 36.6 Å². The lowest BCUT2D eigenvalue weighted by molar-refractivity contribution is 0.0947. The van der Waals surface area contributed by atoms with Gasteiger partial charge in [-0.15, -0.1) is 24.8 Å². The molecule has 0 aliphatic carbocycles. The first-order valence-electron chi connectivity index (χ1n) is 9.34. The summed E-state index contributed by atoms with van der Waals surface area (Å²) in [6, 6.07) is 13.2. The summed E-state index contributed by atoms with van der Waals surface area (Å²) in [7, 11) is 0. The first-order chi connectivity index (χ1) is 13.9. The van der Waals surface area contributed by atoms with E-state index < -0.39 is 0 Å². The Morgan fingerprint density at radius 3 is 1.19 bits per heavy atom. The Labute approximate surface area is 194 Å². The molecule has 31 heavy (non-hydrogen) atoms. The van der Waals surface area contributed by atoms with Crippen molar-refractivity contribution in [2.45, 2.75) is 19.3 Å². The zero-order valence-electron chi connectivity index (χ0n) is 16.9. The first-order valence-corrected chi connectivity index (χ1v) is 9.34. The molecule has 2 aromatic rings. The lowest BCUT2D eigenvalue weighted by Gasteiger charge is -2.07. The van der Waals surface area contributed by atoms with Crippen molar-refractivity contribution in [3.8, 4) is 0 Å². The number of unbranched alkanes of at least 4 members (excludes halogenated alkanes) is 2. The van der Waals surface area contributed by atoms with Crippen molar-refractivity contribution in [1.82, 2.24) is 10.6 Å². The largest absolute Gasteiger partial charge is 0.384 e. The van der Waals surface area contributed by atoms with E-state index in [0.29, 0.717) is 35.3 Å². The summed E-state index contributed by atoms with van der Waals surface area (Å²) in [5.41, 5.74) is 13.0. The van der Waals surface area contributed by atoms with E-state index in [0.717, 1.165) is 19.3 Å². The molecule has 2 rings (SSSR count). The topological polar surface area (TPSA) is 158 Å². The minimum Gasteiger partial charge on any atom is -0.384 e. The Bertz CT molecular complexity index is 812. The summed E-state index contributed by atoms with van der Waals surface area (Å²) in [6.45, 7) is 1.10. The summed E-state index contributed by atoms with van der Waals surface area (Å²) in [6.07, 6.45) is 2.48. The third-order valence-electron chi connectivity index (χ3n) is 4.34. The summed E-state index contributed by atoms with van der Waals surface area (Å²) in [4.78, 5) is 24.1.